The molecule has 0 saturated carbocycles. The number of piperazine rings is 1. The van der Waals surface area contributed by atoms with Crippen LogP contribution in [0.2, 0.25) is 0 Å². The Morgan fingerprint density at radius 1 is 1.45 bits per heavy atom. The molecule has 0 spiro atoms. The van der Waals surface area contributed by atoms with Gasteiger partial charge in [0, 0.05) is 5.38 Å². The number of nitrogens with zero attached hydrogens (tertiary/aromatic N) is 2. The Labute approximate surface area is 123 Å². The molecule has 1 fully saturated rings. The van der Waals surface area contributed by atoms with Crippen LogP contribution in [0.5, 0.6) is 0 Å². The molecule has 1 saturated heterocycles. The molecule has 1 N–H and O–H groups in total. The fourth-order valence-corrected chi connectivity index (χ4v) is 2.99. The molecule has 2 unspecified atom stereocenters. The van der Waals surface area contributed by atoms with Gasteiger partial charge in [-0.15, -0.1) is 11.3 Å². The van der Waals surface area contributed by atoms with Gasteiger partial charge in [-0.2, -0.15) is 0 Å². The second kappa shape index (κ2) is 5.91. The number of hydrogen-bond donors (Lipinski definition) is 1. The fourth-order valence-electron chi connectivity index (χ4n) is 2.39. The lowest BCUT2D eigenvalue weighted by Gasteiger charge is -2.37. The van der Waals surface area contributed by atoms with Crippen LogP contribution < -0.4 is 5.32 Å². The number of carbonyl (C=O) groups excluding carboxylic acids is 2. The van der Waals surface area contributed by atoms with Crippen molar-refractivity contribution in [3.05, 3.63) is 16.1 Å². The first-order valence-corrected chi connectivity index (χ1v) is 7.78. The van der Waals surface area contributed by atoms with Crippen molar-refractivity contribution in [1.29, 1.82) is 0 Å². The first kappa shape index (κ1) is 15.0. The zero-order valence-electron chi connectivity index (χ0n) is 12.3. The topological polar surface area (TPSA) is 62.3 Å². The lowest BCUT2D eigenvalue weighted by molar-refractivity contribution is -0.149. The molecular formula is C14H21N3O2S. The van der Waals surface area contributed by atoms with E-state index in [-0.39, 0.29) is 11.8 Å². The van der Waals surface area contributed by atoms with Gasteiger partial charge < -0.3 is 10.2 Å². The third-order valence-electron chi connectivity index (χ3n) is 3.45. The van der Waals surface area contributed by atoms with Crippen molar-refractivity contribution in [1.82, 2.24) is 15.2 Å². The van der Waals surface area contributed by atoms with E-state index in [0.29, 0.717) is 18.9 Å². The van der Waals surface area contributed by atoms with Crippen molar-refractivity contribution in [2.24, 2.45) is 5.92 Å². The molecule has 5 nitrogen and oxygen atoms in total. The number of aromatic nitrogens is 1. The summed E-state index contributed by atoms with van der Waals surface area (Å²) in [5.74, 6) is 0.277. The quantitative estimate of drug-likeness (QED) is 0.920. The molecule has 0 aromatic carbocycles. The molecule has 0 radical (unpaired) electrons. The van der Waals surface area contributed by atoms with Gasteiger partial charge in [0.05, 0.1) is 17.2 Å². The highest BCUT2D eigenvalue weighted by atomic mass is 32.1. The molecule has 2 amide bonds. The van der Waals surface area contributed by atoms with E-state index >= 15 is 0 Å². The van der Waals surface area contributed by atoms with E-state index in [4.69, 9.17) is 0 Å². The smallest absolute Gasteiger partial charge is 0.246 e. The first-order valence-electron chi connectivity index (χ1n) is 6.90. The Balaban J connectivity index is 2.15. The van der Waals surface area contributed by atoms with Crippen LogP contribution in [0.3, 0.4) is 0 Å². The van der Waals surface area contributed by atoms with Crippen LogP contribution >= 0.6 is 11.3 Å². The van der Waals surface area contributed by atoms with E-state index < -0.39 is 12.1 Å². The van der Waals surface area contributed by atoms with Crippen molar-refractivity contribution >= 4 is 23.2 Å². The minimum absolute atomic E-state index is 0.00328. The SMILES string of the molecule is Cc1nc(CN2C(=O)C(CC(C)C)NC(=O)C2C)cs1. The van der Waals surface area contributed by atoms with E-state index in [2.05, 4.69) is 10.3 Å². The summed E-state index contributed by atoms with van der Waals surface area (Å²) < 4.78 is 0. The summed E-state index contributed by atoms with van der Waals surface area (Å²) >= 11 is 1.56. The molecule has 1 aliphatic rings. The van der Waals surface area contributed by atoms with Crippen molar-refractivity contribution < 1.29 is 9.59 Å². The van der Waals surface area contributed by atoms with Crippen LogP contribution in [0.4, 0.5) is 0 Å². The van der Waals surface area contributed by atoms with Gasteiger partial charge in [0.25, 0.3) is 0 Å². The number of nitrogens with one attached hydrogen (secondary N) is 1. The van der Waals surface area contributed by atoms with Crippen molar-refractivity contribution in [3.63, 3.8) is 0 Å². The number of thiazole rings is 1. The third kappa shape index (κ3) is 3.17. The number of aryl methyl sites for hydroxylation is 1. The van der Waals surface area contributed by atoms with Gasteiger partial charge >= 0.3 is 0 Å². The van der Waals surface area contributed by atoms with Gasteiger partial charge in [-0.1, -0.05) is 13.8 Å². The maximum atomic E-state index is 12.5. The lowest BCUT2D eigenvalue weighted by Crippen LogP contribution is -2.62. The predicted molar refractivity (Wildman–Crippen MR) is 78.2 cm³/mol. The minimum Gasteiger partial charge on any atom is -0.343 e. The van der Waals surface area contributed by atoms with Gasteiger partial charge in [-0.05, 0) is 26.2 Å². The average molecular weight is 295 g/mol. The van der Waals surface area contributed by atoms with Crippen molar-refractivity contribution in [2.75, 3.05) is 0 Å². The largest absolute Gasteiger partial charge is 0.343 e. The summed E-state index contributed by atoms with van der Waals surface area (Å²) in [6, 6.07) is -0.841. The molecule has 1 aliphatic heterocycles. The highest BCUT2D eigenvalue weighted by Crippen LogP contribution is 2.19. The van der Waals surface area contributed by atoms with Crippen molar-refractivity contribution in [2.45, 2.75) is 52.7 Å². The van der Waals surface area contributed by atoms with E-state index in [9.17, 15) is 9.59 Å². The second-order valence-electron chi connectivity index (χ2n) is 5.69. The summed E-state index contributed by atoms with van der Waals surface area (Å²) in [7, 11) is 0. The number of amides is 2. The normalized spacial score (nSPS) is 23.4. The number of rotatable bonds is 4. The molecule has 1 aromatic heterocycles. The van der Waals surface area contributed by atoms with E-state index in [1.807, 2.05) is 26.2 Å². The van der Waals surface area contributed by atoms with Gasteiger partial charge in [-0.3, -0.25) is 9.59 Å². The summed E-state index contributed by atoms with van der Waals surface area (Å²) in [5.41, 5.74) is 0.852. The molecule has 6 heteroatoms. The highest BCUT2D eigenvalue weighted by Gasteiger charge is 2.38. The Hall–Kier alpha value is -1.43. The van der Waals surface area contributed by atoms with Gasteiger partial charge in [0.2, 0.25) is 11.8 Å². The first-order chi connectivity index (χ1) is 9.38. The van der Waals surface area contributed by atoms with E-state index in [0.717, 1.165) is 10.7 Å². The zero-order chi connectivity index (χ0) is 14.9. The standard InChI is InChI=1S/C14H21N3O2S/c1-8(2)5-12-14(19)17(9(3)13(18)16-12)6-11-7-20-10(4)15-11/h7-9,12H,5-6H2,1-4H3,(H,16,18). The summed E-state index contributed by atoms with van der Waals surface area (Å²) in [6.07, 6.45) is 0.671. The summed E-state index contributed by atoms with van der Waals surface area (Å²) in [4.78, 5) is 30.5. The minimum atomic E-state index is -0.437. The highest BCUT2D eigenvalue weighted by molar-refractivity contribution is 7.09. The molecule has 20 heavy (non-hydrogen) atoms. The molecule has 0 aliphatic carbocycles. The van der Waals surface area contributed by atoms with Gasteiger partial charge in [0.1, 0.15) is 12.1 Å². The Bertz CT molecular complexity index is 512. The Morgan fingerprint density at radius 3 is 2.70 bits per heavy atom. The predicted octanol–water partition coefficient (Wildman–Crippen LogP) is 1.71. The molecule has 1 aromatic rings. The Morgan fingerprint density at radius 2 is 2.15 bits per heavy atom. The Kier molecular flexibility index (Phi) is 4.42. The van der Waals surface area contributed by atoms with Crippen LogP contribution in [0, 0.1) is 12.8 Å². The number of carbonyl (C=O) groups is 2. The second-order valence-corrected chi connectivity index (χ2v) is 6.75. The third-order valence-corrected chi connectivity index (χ3v) is 4.27. The number of hydrogen-bond acceptors (Lipinski definition) is 4. The lowest BCUT2D eigenvalue weighted by atomic mass is 9.99. The van der Waals surface area contributed by atoms with Crippen molar-refractivity contribution in [3.8, 4) is 0 Å². The molecule has 2 atom stereocenters. The molecule has 0 bridgehead atoms. The molecule has 2 rings (SSSR count). The van der Waals surface area contributed by atoms with Crippen LogP contribution in [0.15, 0.2) is 5.38 Å². The summed E-state index contributed by atoms with van der Waals surface area (Å²) in [5, 5.41) is 5.74. The summed E-state index contributed by atoms with van der Waals surface area (Å²) in [6.45, 7) is 8.20. The van der Waals surface area contributed by atoms with Crippen LogP contribution in [0.25, 0.3) is 0 Å². The van der Waals surface area contributed by atoms with Crippen LogP contribution in [-0.2, 0) is 16.1 Å². The molecule has 110 valence electrons. The maximum absolute atomic E-state index is 12.5. The molecule has 2 heterocycles. The average Bonchev–Trinajstić information content (AvgIpc) is 2.77. The fraction of sp³-hybridized carbons (Fsp3) is 0.643. The van der Waals surface area contributed by atoms with E-state index in [1.54, 1.807) is 23.2 Å². The zero-order valence-corrected chi connectivity index (χ0v) is 13.2. The molecular weight excluding hydrogens is 274 g/mol. The van der Waals surface area contributed by atoms with Crippen LogP contribution in [0.1, 0.15) is 37.9 Å². The van der Waals surface area contributed by atoms with E-state index in [1.165, 1.54) is 0 Å². The maximum Gasteiger partial charge on any atom is 0.246 e. The van der Waals surface area contributed by atoms with Gasteiger partial charge in [0.15, 0.2) is 0 Å². The van der Waals surface area contributed by atoms with Crippen LogP contribution in [-0.4, -0.2) is 33.8 Å². The van der Waals surface area contributed by atoms with Gasteiger partial charge in [-0.25, -0.2) is 4.98 Å². The monoisotopic (exact) mass is 295 g/mol.